The lowest BCUT2D eigenvalue weighted by Crippen LogP contribution is -2.36. The van der Waals surface area contributed by atoms with Crippen molar-refractivity contribution in [2.24, 2.45) is 0 Å². The number of pyridine rings is 1. The van der Waals surface area contributed by atoms with Gasteiger partial charge in [-0.2, -0.15) is 0 Å². The van der Waals surface area contributed by atoms with Crippen molar-refractivity contribution in [1.29, 1.82) is 0 Å². The highest BCUT2D eigenvalue weighted by Gasteiger charge is 2.23. The number of nitrogens with one attached hydrogen (secondary N) is 2. The molecule has 0 bridgehead atoms. The van der Waals surface area contributed by atoms with Crippen LogP contribution in [-0.2, 0) is 11.3 Å². The Labute approximate surface area is 176 Å². The molecule has 1 aliphatic rings. The van der Waals surface area contributed by atoms with Crippen LogP contribution in [0.4, 0.5) is 0 Å². The molecule has 0 radical (unpaired) electrons. The van der Waals surface area contributed by atoms with E-state index in [9.17, 15) is 0 Å². The van der Waals surface area contributed by atoms with Crippen LogP contribution in [0.15, 0.2) is 36.5 Å². The van der Waals surface area contributed by atoms with Gasteiger partial charge in [-0.15, -0.1) is 0 Å². The molecule has 156 valence electrons. The molecule has 1 aliphatic carbocycles. The summed E-state index contributed by atoms with van der Waals surface area (Å²) in [5.74, 6) is 0.880. The maximum Gasteiger partial charge on any atom is 0.158 e. The number of aromatic amines is 2. The number of aromatic nitrogens is 4. The number of ether oxygens (including phenoxy) is 1. The molecule has 0 unspecified atom stereocenters. The van der Waals surface area contributed by atoms with Crippen molar-refractivity contribution in [3.63, 3.8) is 0 Å². The van der Waals surface area contributed by atoms with Gasteiger partial charge in [-0.1, -0.05) is 6.07 Å². The SMILES string of the molecule is COC1CCC(N(C)Cc2ccc3[nH]c(-c4ccnc5[nH]c(C)nc45)cc3c2)CC1. The van der Waals surface area contributed by atoms with Gasteiger partial charge >= 0.3 is 0 Å². The molecule has 0 amide bonds. The first-order valence-electron chi connectivity index (χ1n) is 10.8. The zero-order valence-electron chi connectivity index (χ0n) is 17.9. The number of aryl methyl sites for hydroxylation is 1. The molecule has 0 atom stereocenters. The lowest BCUT2D eigenvalue weighted by atomic mass is 9.92. The van der Waals surface area contributed by atoms with Gasteiger partial charge in [-0.3, -0.25) is 4.90 Å². The maximum atomic E-state index is 5.52. The highest BCUT2D eigenvalue weighted by Crippen LogP contribution is 2.30. The van der Waals surface area contributed by atoms with E-state index in [0.717, 1.165) is 40.3 Å². The third-order valence-electron chi connectivity index (χ3n) is 6.51. The van der Waals surface area contributed by atoms with Crippen molar-refractivity contribution in [3.8, 4) is 11.3 Å². The van der Waals surface area contributed by atoms with Gasteiger partial charge in [0.05, 0.1) is 6.10 Å². The second kappa shape index (κ2) is 7.85. The molecule has 1 aromatic carbocycles. The minimum atomic E-state index is 0.447. The summed E-state index contributed by atoms with van der Waals surface area (Å²) in [5.41, 5.74) is 6.39. The average molecular weight is 404 g/mol. The van der Waals surface area contributed by atoms with Crippen LogP contribution in [0.3, 0.4) is 0 Å². The molecule has 1 fully saturated rings. The molecular weight excluding hydrogens is 374 g/mol. The van der Waals surface area contributed by atoms with Gasteiger partial charge in [0.2, 0.25) is 0 Å². The molecule has 30 heavy (non-hydrogen) atoms. The van der Waals surface area contributed by atoms with Crippen molar-refractivity contribution in [1.82, 2.24) is 24.8 Å². The largest absolute Gasteiger partial charge is 0.381 e. The van der Waals surface area contributed by atoms with Crippen LogP contribution in [0.5, 0.6) is 0 Å². The summed E-state index contributed by atoms with van der Waals surface area (Å²) in [6.45, 7) is 2.93. The van der Waals surface area contributed by atoms with E-state index in [1.165, 1.54) is 36.6 Å². The monoisotopic (exact) mass is 403 g/mol. The molecule has 6 nitrogen and oxygen atoms in total. The van der Waals surface area contributed by atoms with Crippen LogP contribution in [0.1, 0.15) is 37.1 Å². The van der Waals surface area contributed by atoms with E-state index in [1.807, 2.05) is 26.3 Å². The van der Waals surface area contributed by atoms with Crippen LogP contribution < -0.4 is 0 Å². The van der Waals surface area contributed by atoms with Crippen molar-refractivity contribution >= 4 is 22.1 Å². The Kier molecular flexibility index (Phi) is 5.05. The number of hydrogen-bond acceptors (Lipinski definition) is 4. The molecule has 1 saturated carbocycles. The first kappa shape index (κ1) is 19.3. The van der Waals surface area contributed by atoms with Gasteiger partial charge in [0.25, 0.3) is 0 Å². The lowest BCUT2D eigenvalue weighted by molar-refractivity contribution is 0.0427. The Morgan fingerprint density at radius 2 is 1.93 bits per heavy atom. The first-order valence-corrected chi connectivity index (χ1v) is 10.8. The minimum Gasteiger partial charge on any atom is -0.381 e. The summed E-state index contributed by atoms with van der Waals surface area (Å²) >= 11 is 0. The fourth-order valence-electron chi connectivity index (χ4n) is 4.81. The second-order valence-electron chi connectivity index (χ2n) is 8.56. The van der Waals surface area contributed by atoms with Gasteiger partial charge in [-0.05, 0) is 69.5 Å². The number of nitrogens with zero attached hydrogens (tertiary/aromatic N) is 3. The quantitative estimate of drug-likeness (QED) is 0.502. The van der Waals surface area contributed by atoms with Crippen LogP contribution in [0.25, 0.3) is 33.3 Å². The van der Waals surface area contributed by atoms with E-state index in [1.54, 1.807) is 0 Å². The van der Waals surface area contributed by atoms with Crippen LogP contribution in [0, 0.1) is 6.92 Å². The van der Waals surface area contributed by atoms with E-state index >= 15 is 0 Å². The molecule has 2 N–H and O–H groups in total. The zero-order chi connectivity index (χ0) is 20.7. The topological polar surface area (TPSA) is 69.8 Å². The first-order chi connectivity index (χ1) is 14.6. The number of methoxy groups -OCH3 is 1. The molecule has 0 aliphatic heterocycles. The predicted octanol–water partition coefficient (Wildman–Crippen LogP) is 4.80. The molecule has 3 heterocycles. The molecule has 0 spiro atoms. The number of fused-ring (bicyclic) bond motifs is 2. The van der Waals surface area contributed by atoms with E-state index in [-0.39, 0.29) is 0 Å². The highest BCUT2D eigenvalue weighted by molar-refractivity contribution is 5.94. The van der Waals surface area contributed by atoms with E-state index in [4.69, 9.17) is 4.74 Å². The molecule has 3 aromatic heterocycles. The lowest BCUT2D eigenvalue weighted by Gasteiger charge is -2.34. The van der Waals surface area contributed by atoms with E-state index in [0.29, 0.717) is 12.1 Å². The van der Waals surface area contributed by atoms with Gasteiger partial charge in [0, 0.05) is 48.1 Å². The zero-order valence-corrected chi connectivity index (χ0v) is 17.9. The average Bonchev–Trinajstić information content (AvgIpc) is 3.35. The normalized spacial score (nSPS) is 19.9. The summed E-state index contributed by atoms with van der Waals surface area (Å²) in [6, 6.07) is 11.6. The number of benzene rings is 1. The maximum absolute atomic E-state index is 5.52. The minimum absolute atomic E-state index is 0.447. The summed E-state index contributed by atoms with van der Waals surface area (Å²) < 4.78 is 5.52. The summed E-state index contributed by atoms with van der Waals surface area (Å²) in [7, 11) is 4.08. The highest BCUT2D eigenvalue weighted by atomic mass is 16.5. The molecule has 0 saturated heterocycles. The van der Waals surface area contributed by atoms with Crippen molar-refractivity contribution < 1.29 is 4.74 Å². The number of H-pyrrole nitrogens is 2. The standard InChI is InChI=1S/C24H29N5O/c1-15-26-23-20(10-11-25-24(23)27-15)22-13-17-12-16(4-9-21(17)28-22)14-29(2)18-5-7-19(30-3)8-6-18/h4,9-13,18-19,28H,5-8,14H2,1-3H3,(H,25,26,27). The van der Waals surface area contributed by atoms with Gasteiger partial charge in [0.1, 0.15) is 11.3 Å². The molecule has 4 aromatic rings. The number of imidazole rings is 1. The van der Waals surface area contributed by atoms with Crippen LogP contribution in [0.2, 0.25) is 0 Å². The fraction of sp³-hybridized carbons (Fsp3) is 0.417. The Morgan fingerprint density at radius 3 is 2.73 bits per heavy atom. The smallest absolute Gasteiger partial charge is 0.158 e. The summed E-state index contributed by atoms with van der Waals surface area (Å²) in [6.07, 6.45) is 7.04. The second-order valence-corrected chi connectivity index (χ2v) is 8.56. The van der Waals surface area contributed by atoms with Gasteiger partial charge < -0.3 is 14.7 Å². The Hall–Kier alpha value is -2.70. The third kappa shape index (κ3) is 3.61. The molecule has 5 rings (SSSR count). The molecule has 6 heteroatoms. The number of rotatable bonds is 5. The van der Waals surface area contributed by atoms with E-state index < -0.39 is 0 Å². The Morgan fingerprint density at radius 1 is 1.10 bits per heavy atom. The number of hydrogen-bond donors (Lipinski definition) is 2. The predicted molar refractivity (Wildman–Crippen MR) is 120 cm³/mol. The van der Waals surface area contributed by atoms with Crippen molar-refractivity contribution in [3.05, 3.63) is 47.9 Å². The van der Waals surface area contributed by atoms with E-state index in [2.05, 4.69) is 56.1 Å². The van der Waals surface area contributed by atoms with Gasteiger partial charge in [-0.25, -0.2) is 9.97 Å². The summed E-state index contributed by atoms with van der Waals surface area (Å²) in [4.78, 5) is 18.3. The third-order valence-corrected chi connectivity index (χ3v) is 6.51. The van der Waals surface area contributed by atoms with Crippen LogP contribution >= 0.6 is 0 Å². The fourth-order valence-corrected chi connectivity index (χ4v) is 4.81. The summed E-state index contributed by atoms with van der Waals surface area (Å²) in [5, 5.41) is 1.23. The Bertz CT molecular complexity index is 1170. The Balaban J connectivity index is 1.38. The molecular formula is C24H29N5O. The van der Waals surface area contributed by atoms with Gasteiger partial charge in [0.15, 0.2) is 5.65 Å². The van der Waals surface area contributed by atoms with Crippen LogP contribution in [-0.4, -0.2) is 51.1 Å². The van der Waals surface area contributed by atoms with Crippen molar-refractivity contribution in [2.75, 3.05) is 14.2 Å². The van der Waals surface area contributed by atoms with Crippen molar-refractivity contribution in [2.45, 2.75) is 51.3 Å².